The minimum Gasteiger partial charge on any atom is -0.423 e. The van der Waals surface area contributed by atoms with Crippen LogP contribution in [0, 0.1) is 6.92 Å². The molecular weight excluding hydrogens is 318 g/mol. The molecule has 3 aromatic rings. The van der Waals surface area contributed by atoms with E-state index in [-0.39, 0.29) is 0 Å². The topological polar surface area (TPSA) is 70.6 Å². The molecule has 0 spiro atoms. The van der Waals surface area contributed by atoms with Crippen molar-refractivity contribution in [3.8, 4) is 0 Å². The lowest BCUT2D eigenvalue weighted by molar-refractivity contribution is 0.0916. The number of β-amino-alcohol motifs (C(OH)–C–C–N with tert-alkyl or cyclic N) is 1. The van der Waals surface area contributed by atoms with Crippen molar-refractivity contribution < 1.29 is 9.52 Å². The van der Waals surface area contributed by atoms with Gasteiger partial charge in [0.1, 0.15) is 5.52 Å². The van der Waals surface area contributed by atoms with Gasteiger partial charge in [0.25, 0.3) is 6.01 Å². The quantitative estimate of drug-likeness (QED) is 0.759. The summed E-state index contributed by atoms with van der Waals surface area (Å²) in [4.78, 5) is 9.06. The first-order valence-electron chi connectivity index (χ1n) is 8.67. The van der Waals surface area contributed by atoms with Crippen molar-refractivity contribution in [2.45, 2.75) is 19.6 Å². The minimum absolute atomic E-state index is 0.418. The second kappa shape index (κ2) is 6.85. The summed E-state index contributed by atoms with van der Waals surface area (Å²) in [5.74, 6) is 0. The Bertz CT molecular complexity index is 821. The van der Waals surface area contributed by atoms with Gasteiger partial charge in [-0.05, 0) is 30.7 Å². The summed E-state index contributed by atoms with van der Waals surface area (Å²) < 4.78 is 7.65. The monoisotopic (exact) mass is 341 g/mol. The van der Waals surface area contributed by atoms with Gasteiger partial charge in [-0.25, -0.2) is 0 Å². The predicted molar refractivity (Wildman–Crippen MR) is 95.6 cm³/mol. The van der Waals surface area contributed by atoms with Crippen molar-refractivity contribution in [1.82, 2.24) is 19.7 Å². The molecule has 1 aliphatic rings. The number of aromatic nitrogens is 3. The van der Waals surface area contributed by atoms with Gasteiger partial charge in [-0.2, -0.15) is 10.1 Å². The number of oxazole rings is 1. The van der Waals surface area contributed by atoms with Crippen LogP contribution in [0.1, 0.15) is 5.56 Å². The lowest BCUT2D eigenvalue weighted by Crippen LogP contribution is -2.49. The van der Waals surface area contributed by atoms with Crippen molar-refractivity contribution >= 4 is 17.1 Å². The van der Waals surface area contributed by atoms with Gasteiger partial charge in [0.2, 0.25) is 0 Å². The minimum atomic E-state index is -0.418. The van der Waals surface area contributed by atoms with E-state index < -0.39 is 6.10 Å². The molecule has 1 atom stereocenters. The first kappa shape index (κ1) is 16.1. The van der Waals surface area contributed by atoms with E-state index in [4.69, 9.17) is 4.42 Å². The van der Waals surface area contributed by atoms with E-state index in [1.807, 2.05) is 30.5 Å². The molecule has 4 rings (SSSR count). The SMILES string of the molecule is Cc1ccc2oc(N3CCN(CC(O)Cn4cccn4)CC3)nc2c1. The normalized spacial score (nSPS) is 17.3. The smallest absolute Gasteiger partial charge is 0.298 e. The lowest BCUT2D eigenvalue weighted by Gasteiger charge is -2.34. The second-order valence-electron chi connectivity index (χ2n) is 6.64. The number of benzene rings is 1. The van der Waals surface area contributed by atoms with Crippen molar-refractivity contribution in [3.05, 3.63) is 42.2 Å². The van der Waals surface area contributed by atoms with Crippen LogP contribution in [-0.2, 0) is 6.54 Å². The fraction of sp³-hybridized carbons (Fsp3) is 0.444. The highest BCUT2D eigenvalue weighted by molar-refractivity contribution is 5.75. The first-order valence-corrected chi connectivity index (χ1v) is 8.67. The van der Waals surface area contributed by atoms with Gasteiger partial charge < -0.3 is 14.4 Å². The van der Waals surface area contributed by atoms with Gasteiger partial charge in [-0.1, -0.05) is 6.07 Å². The van der Waals surface area contributed by atoms with Gasteiger partial charge in [-0.15, -0.1) is 0 Å². The molecule has 1 N–H and O–H groups in total. The Kier molecular flexibility index (Phi) is 4.42. The Hall–Kier alpha value is -2.38. The molecule has 1 aliphatic heterocycles. The lowest BCUT2D eigenvalue weighted by atomic mass is 10.2. The van der Waals surface area contributed by atoms with Gasteiger partial charge >= 0.3 is 0 Å². The summed E-state index contributed by atoms with van der Waals surface area (Å²) in [6.45, 7) is 6.70. The molecule has 25 heavy (non-hydrogen) atoms. The highest BCUT2D eigenvalue weighted by Gasteiger charge is 2.22. The van der Waals surface area contributed by atoms with E-state index in [0.29, 0.717) is 19.1 Å². The zero-order valence-electron chi connectivity index (χ0n) is 14.4. The molecule has 0 radical (unpaired) electrons. The summed E-state index contributed by atoms with van der Waals surface area (Å²) in [6.07, 6.45) is 3.18. The molecule has 1 aromatic carbocycles. The van der Waals surface area contributed by atoms with Gasteiger partial charge in [-0.3, -0.25) is 9.58 Å². The number of aryl methyl sites for hydroxylation is 1. The fourth-order valence-electron chi connectivity index (χ4n) is 3.26. The molecule has 132 valence electrons. The van der Waals surface area contributed by atoms with Crippen molar-refractivity contribution in [1.29, 1.82) is 0 Å². The Labute approximate surface area is 146 Å². The number of piperazine rings is 1. The third-order valence-corrected chi connectivity index (χ3v) is 4.60. The Balaban J connectivity index is 1.32. The van der Waals surface area contributed by atoms with Crippen LogP contribution in [0.2, 0.25) is 0 Å². The average Bonchev–Trinajstić information content (AvgIpc) is 3.24. The summed E-state index contributed by atoms with van der Waals surface area (Å²) in [5.41, 5.74) is 2.92. The van der Waals surface area contributed by atoms with E-state index in [1.165, 1.54) is 5.56 Å². The number of fused-ring (bicyclic) bond motifs is 1. The fourth-order valence-corrected chi connectivity index (χ4v) is 3.26. The molecule has 0 bridgehead atoms. The summed E-state index contributed by atoms with van der Waals surface area (Å²) >= 11 is 0. The number of aliphatic hydroxyl groups is 1. The molecule has 1 saturated heterocycles. The molecule has 1 unspecified atom stereocenters. The Morgan fingerprint density at radius 1 is 1.20 bits per heavy atom. The van der Waals surface area contributed by atoms with Crippen LogP contribution in [0.3, 0.4) is 0 Å². The molecule has 0 aliphatic carbocycles. The molecule has 7 nitrogen and oxygen atoms in total. The summed E-state index contributed by atoms with van der Waals surface area (Å²) in [5, 5.41) is 14.4. The summed E-state index contributed by atoms with van der Waals surface area (Å²) in [6, 6.07) is 8.62. The maximum atomic E-state index is 10.2. The number of hydrogen-bond acceptors (Lipinski definition) is 6. The van der Waals surface area contributed by atoms with E-state index in [9.17, 15) is 5.11 Å². The van der Waals surface area contributed by atoms with Gasteiger partial charge in [0.15, 0.2) is 5.58 Å². The standard InChI is InChI=1S/C18H23N5O2/c1-14-3-4-17-16(11-14)20-18(25-17)22-9-7-21(8-10-22)12-15(24)13-23-6-2-5-19-23/h2-6,11,15,24H,7-10,12-13H2,1H3. The molecule has 1 fully saturated rings. The molecule has 2 aromatic heterocycles. The van der Waals surface area contributed by atoms with E-state index >= 15 is 0 Å². The van der Waals surface area contributed by atoms with Crippen LogP contribution in [0.15, 0.2) is 41.1 Å². The van der Waals surface area contributed by atoms with Gasteiger partial charge in [0, 0.05) is 45.1 Å². The molecule has 0 saturated carbocycles. The van der Waals surface area contributed by atoms with Crippen LogP contribution in [-0.4, -0.2) is 63.6 Å². The van der Waals surface area contributed by atoms with Crippen molar-refractivity contribution in [2.75, 3.05) is 37.6 Å². The third kappa shape index (κ3) is 3.67. The van der Waals surface area contributed by atoms with Crippen LogP contribution < -0.4 is 4.90 Å². The largest absolute Gasteiger partial charge is 0.423 e. The number of anilines is 1. The Morgan fingerprint density at radius 2 is 2.04 bits per heavy atom. The zero-order chi connectivity index (χ0) is 17.2. The molecule has 3 heterocycles. The number of hydrogen-bond donors (Lipinski definition) is 1. The van der Waals surface area contributed by atoms with E-state index in [0.717, 1.165) is 37.3 Å². The maximum absolute atomic E-state index is 10.2. The third-order valence-electron chi connectivity index (χ3n) is 4.60. The van der Waals surface area contributed by atoms with Crippen LogP contribution in [0.25, 0.3) is 11.1 Å². The highest BCUT2D eigenvalue weighted by atomic mass is 16.4. The molecular formula is C18H23N5O2. The number of rotatable bonds is 5. The molecule has 0 amide bonds. The Morgan fingerprint density at radius 3 is 2.80 bits per heavy atom. The maximum Gasteiger partial charge on any atom is 0.298 e. The first-order chi connectivity index (χ1) is 12.2. The van der Waals surface area contributed by atoms with Crippen molar-refractivity contribution in [2.24, 2.45) is 0 Å². The van der Waals surface area contributed by atoms with Crippen LogP contribution >= 0.6 is 0 Å². The number of nitrogens with zero attached hydrogens (tertiary/aromatic N) is 5. The van der Waals surface area contributed by atoms with E-state index in [2.05, 4.69) is 26.8 Å². The number of aliphatic hydroxyl groups excluding tert-OH is 1. The van der Waals surface area contributed by atoms with Gasteiger partial charge in [0.05, 0.1) is 12.6 Å². The highest BCUT2D eigenvalue weighted by Crippen LogP contribution is 2.23. The second-order valence-corrected chi connectivity index (χ2v) is 6.64. The average molecular weight is 341 g/mol. The van der Waals surface area contributed by atoms with E-state index in [1.54, 1.807) is 10.9 Å². The predicted octanol–water partition coefficient (Wildman–Crippen LogP) is 1.52. The summed E-state index contributed by atoms with van der Waals surface area (Å²) in [7, 11) is 0. The van der Waals surface area contributed by atoms with Crippen LogP contribution in [0.4, 0.5) is 6.01 Å². The zero-order valence-corrected chi connectivity index (χ0v) is 14.4. The molecule has 7 heteroatoms. The van der Waals surface area contributed by atoms with Crippen LogP contribution in [0.5, 0.6) is 0 Å². The van der Waals surface area contributed by atoms with Crippen molar-refractivity contribution in [3.63, 3.8) is 0 Å².